The number of nitrogens with zero attached hydrogens (tertiary/aromatic N) is 2. The first kappa shape index (κ1) is 20.8. The van der Waals surface area contributed by atoms with Crippen molar-refractivity contribution in [2.24, 2.45) is 0 Å². The Morgan fingerprint density at radius 1 is 1.00 bits per heavy atom. The maximum atomic E-state index is 12.4. The Morgan fingerprint density at radius 2 is 1.65 bits per heavy atom. The number of ether oxygens (including phenoxy) is 1. The Kier molecular flexibility index (Phi) is 6.43. The fraction of sp³-hybridized carbons (Fsp3) is 0.438. The molecule has 144 valence electrons. The van der Waals surface area contributed by atoms with Gasteiger partial charge in [-0.3, -0.25) is 0 Å². The Bertz CT molecular complexity index is 933. The van der Waals surface area contributed by atoms with Crippen LogP contribution in [0.4, 0.5) is 0 Å². The topological polar surface area (TPSA) is 95.3 Å². The molecule has 0 spiro atoms. The SMILES string of the molecule is C[Si](C)(C)CCOCn1ccc(S(=O)(=O)CS(=O)(=O)c2ccccc2)n1. The van der Waals surface area contributed by atoms with Crippen molar-refractivity contribution in [3.63, 3.8) is 0 Å². The Labute approximate surface area is 155 Å². The molecule has 0 bridgehead atoms. The van der Waals surface area contributed by atoms with Crippen molar-refractivity contribution >= 4 is 27.7 Å². The van der Waals surface area contributed by atoms with Gasteiger partial charge in [0.25, 0.3) is 0 Å². The molecule has 0 unspecified atom stereocenters. The van der Waals surface area contributed by atoms with E-state index in [2.05, 4.69) is 24.7 Å². The summed E-state index contributed by atoms with van der Waals surface area (Å²) < 4.78 is 56.3. The summed E-state index contributed by atoms with van der Waals surface area (Å²) in [5.74, 6) is 0. The lowest BCUT2D eigenvalue weighted by molar-refractivity contribution is 0.0777. The quantitative estimate of drug-likeness (QED) is 0.460. The molecule has 2 aromatic rings. The minimum absolute atomic E-state index is 0.0299. The fourth-order valence-electron chi connectivity index (χ4n) is 2.08. The molecule has 0 aliphatic carbocycles. The van der Waals surface area contributed by atoms with Crippen molar-refractivity contribution in [1.29, 1.82) is 0 Å². The van der Waals surface area contributed by atoms with Crippen LogP contribution in [0.1, 0.15) is 0 Å². The van der Waals surface area contributed by atoms with Crippen LogP contribution in [0.15, 0.2) is 52.5 Å². The monoisotopic (exact) mass is 416 g/mol. The Hall–Kier alpha value is -1.49. The molecular formula is C16H24N2O5S2Si. The van der Waals surface area contributed by atoms with E-state index in [4.69, 9.17) is 4.74 Å². The minimum atomic E-state index is -4.07. The van der Waals surface area contributed by atoms with E-state index in [-0.39, 0.29) is 16.7 Å². The van der Waals surface area contributed by atoms with Crippen LogP contribution < -0.4 is 0 Å². The normalized spacial score (nSPS) is 13.0. The molecule has 2 rings (SSSR count). The van der Waals surface area contributed by atoms with Gasteiger partial charge < -0.3 is 4.74 Å². The minimum Gasteiger partial charge on any atom is -0.360 e. The van der Waals surface area contributed by atoms with Gasteiger partial charge in [0.1, 0.15) is 6.73 Å². The molecule has 1 heterocycles. The Morgan fingerprint density at radius 3 is 2.27 bits per heavy atom. The zero-order valence-corrected chi connectivity index (χ0v) is 17.8. The van der Waals surface area contributed by atoms with Crippen LogP contribution in [0.2, 0.25) is 25.7 Å². The van der Waals surface area contributed by atoms with Gasteiger partial charge in [0, 0.05) is 20.9 Å². The van der Waals surface area contributed by atoms with Gasteiger partial charge in [0.15, 0.2) is 19.9 Å². The first-order chi connectivity index (χ1) is 12.0. The lowest BCUT2D eigenvalue weighted by Gasteiger charge is -2.15. The molecule has 26 heavy (non-hydrogen) atoms. The van der Waals surface area contributed by atoms with E-state index >= 15 is 0 Å². The second-order valence-electron chi connectivity index (χ2n) is 7.20. The third-order valence-corrected chi connectivity index (χ3v) is 9.60. The van der Waals surface area contributed by atoms with Crippen molar-refractivity contribution in [3.05, 3.63) is 42.6 Å². The van der Waals surface area contributed by atoms with E-state index in [1.807, 2.05) is 0 Å². The molecule has 10 heteroatoms. The van der Waals surface area contributed by atoms with Crippen LogP contribution in [0.5, 0.6) is 0 Å². The molecule has 0 N–H and O–H groups in total. The van der Waals surface area contributed by atoms with Gasteiger partial charge >= 0.3 is 0 Å². The van der Waals surface area contributed by atoms with E-state index in [1.54, 1.807) is 18.2 Å². The first-order valence-corrected chi connectivity index (χ1v) is 15.1. The second kappa shape index (κ2) is 8.03. The Balaban J connectivity index is 2.03. The predicted molar refractivity (Wildman–Crippen MR) is 102 cm³/mol. The molecule has 0 radical (unpaired) electrons. The van der Waals surface area contributed by atoms with E-state index in [1.165, 1.54) is 29.1 Å². The summed E-state index contributed by atoms with van der Waals surface area (Å²) in [7, 11) is -9.22. The van der Waals surface area contributed by atoms with Crippen molar-refractivity contribution in [2.75, 3.05) is 11.7 Å². The van der Waals surface area contributed by atoms with Crippen LogP contribution in [0.3, 0.4) is 0 Å². The van der Waals surface area contributed by atoms with E-state index in [0.29, 0.717) is 6.61 Å². The largest absolute Gasteiger partial charge is 0.360 e. The maximum absolute atomic E-state index is 12.4. The molecule has 0 saturated heterocycles. The average Bonchev–Trinajstić information content (AvgIpc) is 3.00. The maximum Gasteiger partial charge on any atom is 0.212 e. The highest BCUT2D eigenvalue weighted by Crippen LogP contribution is 2.17. The average molecular weight is 417 g/mol. The molecule has 0 amide bonds. The molecule has 1 aromatic heterocycles. The van der Waals surface area contributed by atoms with Crippen LogP contribution in [-0.4, -0.2) is 46.4 Å². The summed E-state index contributed by atoms with van der Waals surface area (Å²) in [4.78, 5) is -0.0299. The molecule has 0 aliphatic rings. The molecule has 0 fully saturated rings. The third-order valence-electron chi connectivity index (χ3n) is 3.57. The molecule has 0 saturated carbocycles. The lowest BCUT2D eigenvalue weighted by atomic mass is 10.4. The molecular weight excluding hydrogens is 392 g/mol. The van der Waals surface area contributed by atoms with Gasteiger partial charge in [-0.25, -0.2) is 21.5 Å². The van der Waals surface area contributed by atoms with Crippen molar-refractivity contribution in [1.82, 2.24) is 9.78 Å². The van der Waals surface area contributed by atoms with Gasteiger partial charge in [0.2, 0.25) is 9.84 Å². The van der Waals surface area contributed by atoms with Gasteiger partial charge in [-0.05, 0) is 24.2 Å². The van der Waals surface area contributed by atoms with Crippen LogP contribution in [0, 0.1) is 0 Å². The first-order valence-electron chi connectivity index (χ1n) is 8.11. The number of hydrogen-bond donors (Lipinski definition) is 0. The summed E-state index contributed by atoms with van der Waals surface area (Å²) in [6.45, 7) is 7.43. The van der Waals surface area contributed by atoms with Crippen LogP contribution in [-0.2, 0) is 31.1 Å². The van der Waals surface area contributed by atoms with Gasteiger partial charge in [-0.15, -0.1) is 0 Å². The molecule has 1 aromatic carbocycles. The summed E-state index contributed by atoms with van der Waals surface area (Å²) in [5, 5.41) is 2.66. The van der Waals surface area contributed by atoms with Crippen molar-refractivity contribution in [2.45, 2.75) is 42.3 Å². The van der Waals surface area contributed by atoms with Gasteiger partial charge in [0.05, 0.1) is 4.90 Å². The highest BCUT2D eigenvalue weighted by atomic mass is 32.3. The van der Waals surface area contributed by atoms with Crippen LogP contribution >= 0.6 is 0 Å². The van der Waals surface area contributed by atoms with Crippen molar-refractivity contribution in [3.8, 4) is 0 Å². The lowest BCUT2D eigenvalue weighted by Crippen LogP contribution is -2.22. The smallest absolute Gasteiger partial charge is 0.212 e. The second-order valence-corrected chi connectivity index (χ2v) is 17.1. The number of sulfone groups is 2. The molecule has 0 aliphatic heterocycles. The molecule has 0 atom stereocenters. The third kappa shape index (κ3) is 6.04. The van der Waals surface area contributed by atoms with Crippen molar-refractivity contribution < 1.29 is 21.6 Å². The number of benzene rings is 1. The van der Waals surface area contributed by atoms with Crippen LogP contribution in [0.25, 0.3) is 0 Å². The zero-order chi connectivity index (χ0) is 19.4. The summed E-state index contributed by atoms with van der Waals surface area (Å²) in [6, 6.07) is 9.79. The highest BCUT2D eigenvalue weighted by Gasteiger charge is 2.27. The highest BCUT2D eigenvalue weighted by molar-refractivity contribution is 8.08. The van der Waals surface area contributed by atoms with Gasteiger partial charge in [-0.1, -0.05) is 37.8 Å². The zero-order valence-electron chi connectivity index (χ0n) is 15.1. The van der Waals surface area contributed by atoms with Gasteiger partial charge in [-0.2, -0.15) is 5.10 Å². The van der Waals surface area contributed by atoms with E-state index in [0.717, 1.165) is 6.04 Å². The summed E-state index contributed by atoms with van der Waals surface area (Å²) in [5.41, 5.74) is 0. The number of rotatable bonds is 9. The molecule has 7 nitrogen and oxygen atoms in total. The summed E-state index contributed by atoms with van der Waals surface area (Å²) in [6.07, 6.45) is 1.47. The standard InChI is InChI=1S/C16H24N2O5S2Si/c1-26(2,3)12-11-23-13-18-10-9-16(17-18)25(21,22)14-24(19,20)15-7-5-4-6-8-15/h4-10H,11-14H2,1-3H3. The summed E-state index contributed by atoms with van der Waals surface area (Å²) >= 11 is 0. The van der Waals surface area contributed by atoms with E-state index in [9.17, 15) is 16.8 Å². The fourth-order valence-corrected chi connectivity index (χ4v) is 6.57. The number of hydrogen-bond acceptors (Lipinski definition) is 6. The number of aromatic nitrogens is 2. The van der Waals surface area contributed by atoms with E-state index < -0.39 is 32.8 Å². The predicted octanol–water partition coefficient (Wildman–Crippen LogP) is 2.40.